The van der Waals surface area contributed by atoms with Gasteiger partial charge in [0.1, 0.15) is 23.1 Å². The Morgan fingerprint density at radius 1 is 0.833 bits per heavy atom. The van der Waals surface area contributed by atoms with Crippen LogP contribution in [-0.4, -0.2) is 58.5 Å². The number of carbonyl (C=O) groups is 2. The highest BCUT2D eigenvalue weighted by Crippen LogP contribution is 2.47. The van der Waals surface area contributed by atoms with Crippen molar-refractivity contribution in [3.05, 3.63) is 58.1 Å². The molecule has 0 radical (unpaired) electrons. The van der Waals surface area contributed by atoms with Gasteiger partial charge in [0, 0.05) is 25.0 Å². The maximum Gasteiger partial charge on any atom is 0.258 e. The maximum absolute atomic E-state index is 13.6. The van der Waals surface area contributed by atoms with Crippen molar-refractivity contribution in [1.29, 1.82) is 0 Å². The smallest absolute Gasteiger partial charge is 0.258 e. The average Bonchev–Trinajstić information content (AvgIpc) is 2.82. The quantitative estimate of drug-likeness (QED) is 0.406. The second kappa shape index (κ2) is 10.4. The molecule has 4 atom stereocenters. The van der Waals surface area contributed by atoms with E-state index in [0.29, 0.717) is 0 Å². The van der Waals surface area contributed by atoms with Gasteiger partial charge in [-0.1, -0.05) is 23.2 Å². The van der Waals surface area contributed by atoms with Crippen LogP contribution in [0.1, 0.15) is 25.7 Å². The normalized spacial score (nSPS) is 26.8. The van der Waals surface area contributed by atoms with Crippen LogP contribution in [-0.2, 0) is 9.59 Å². The number of halogens is 4. The number of fused-ring (bicyclic) bond motifs is 3. The molecule has 3 saturated carbocycles. The van der Waals surface area contributed by atoms with E-state index in [0.717, 1.165) is 12.1 Å². The number of ether oxygens (including phenoxy) is 2. The lowest BCUT2D eigenvalue weighted by atomic mass is 9.58. The number of nitrogens with one attached hydrogen (secondary N) is 2. The van der Waals surface area contributed by atoms with Crippen LogP contribution >= 0.6 is 23.2 Å². The molecule has 0 aliphatic heterocycles. The second-order valence-corrected chi connectivity index (χ2v) is 9.89. The molecule has 2 amide bonds. The summed E-state index contributed by atoms with van der Waals surface area (Å²) in [7, 11) is 0. The van der Waals surface area contributed by atoms with Crippen LogP contribution in [0.15, 0.2) is 36.4 Å². The van der Waals surface area contributed by atoms with Crippen molar-refractivity contribution in [2.24, 2.45) is 0 Å². The molecule has 3 aliphatic rings. The Labute approximate surface area is 215 Å². The number of rotatable bonds is 8. The summed E-state index contributed by atoms with van der Waals surface area (Å²) in [6.45, 7) is -0.869. The topological polar surface area (TPSA) is 117 Å². The Hall–Kier alpha value is -2.66. The zero-order valence-electron chi connectivity index (χ0n) is 18.9. The first-order valence-corrected chi connectivity index (χ1v) is 11.9. The lowest BCUT2D eigenvalue weighted by molar-refractivity contribution is -0.152. The summed E-state index contributed by atoms with van der Waals surface area (Å²) in [6.07, 6.45) is -1.54. The molecular weight excluding hydrogens is 521 g/mol. The first-order chi connectivity index (χ1) is 17.0. The zero-order chi connectivity index (χ0) is 26.1. The van der Waals surface area contributed by atoms with Gasteiger partial charge in [-0.25, -0.2) is 8.78 Å². The van der Waals surface area contributed by atoms with Crippen molar-refractivity contribution in [2.45, 2.75) is 49.0 Å². The van der Waals surface area contributed by atoms with Gasteiger partial charge < -0.3 is 30.3 Å². The zero-order valence-corrected chi connectivity index (χ0v) is 20.4. The molecule has 2 aromatic rings. The third-order valence-electron chi connectivity index (χ3n) is 6.71. The van der Waals surface area contributed by atoms with Gasteiger partial charge in [0.05, 0.1) is 33.3 Å². The van der Waals surface area contributed by atoms with Crippen LogP contribution in [0, 0.1) is 11.6 Å². The molecule has 3 fully saturated rings. The number of hydrogen-bond acceptors (Lipinski definition) is 6. The Balaban J connectivity index is 1.32. The molecule has 0 unspecified atom stereocenters. The molecule has 2 aromatic carbocycles. The van der Waals surface area contributed by atoms with Crippen LogP contribution in [0.3, 0.4) is 0 Å². The largest absolute Gasteiger partial charge is 0.484 e. The first kappa shape index (κ1) is 26.4. The Morgan fingerprint density at radius 2 is 1.22 bits per heavy atom. The van der Waals surface area contributed by atoms with Crippen molar-refractivity contribution in [3.63, 3.8) is 0 Å². The highest BCUT2D eigenvalue weighted by Gasteiger charge is 2.60. The minimum absolute atomic E-state index is 0.000980. The highest BCUT2D eigenvalue weighted by atomic mass is 35.5. The van der Waals surface area contributed by atoms with E-state index in [9.17, 15) is 28.6 Å². The average molecular weight is 545 g/mol. The molecule has 12 heteroatoms. The number of carbonyl (C=O) groups excluding carboxylic acids is 2. The summed E-state index contributed by atoms with van der Waals surface area (Å²) in [6, 6.07) is 7.55. The molecule has 194 valence electrons. The summed E-state index contributed by atoms with van der Waals surface area (Å²) in [5.74, 6) is -2.26. The minimum atomic E-state index is -1.10. The van der Waals surface area contributed by atoms with Crippen molar-refractivity contribution in [2.75, 3.05) is 13.2 Å². The Kier molecular flexibility index (Phi) is 7.61. The van der Waals surface area contributed by atoms with Gasteiger partial charge in [0.25, 0.3) is 11.8 Å². The fraction of sp³-hybridized carbons (Fsp3) is 0.417. The molecule has 8 nitrogen and oxygen atoms in total. The van der Waals surface area contributed by atoms with E-state index in [1.54, 1.807) is 0 Å². The predicted molar refractivity (Wildman–Crippen MR) is 126 cm³/mol. The summed E-state index contributed by atoms with van der Waals surface area (Å²) < 4.78 is 37.7. The van der Waals surface area contributed by atoms with Crippen LogP contribution in [0.2, 0.25) is 10.0 Å². The molecule has 36 heavy (non-hydrogen) atoms. The van der Waals surface area contributed by atoms with Gasteiger partial charge in [-0.2, -0.15) is 0 Å². The third kappa shape index (κ3) is 5.51. The van der Waals surface area contributed by atoms with E-state index in [2.05, 4.69) is 10.6 Å². The number of aliphatic hydroxyl groups excluding tert-OH is 2. The maximum atomic E-state index is 13.6. The minimum Gasteiger partial charge on any atom is -0.484 e. The number of aliphatic hydroxyl groups is 2. The highest BCUT2D eigenvalue weighted by molar-refractivity contribution is 6.31. The summed E-state index contributed by atoms with van der Waals surface area (Å²) in [4.78, 5) is 25.0. The third-order valence-corrected chi connectivity index (χ3v) is 7.32. The van der Waals surface area contributed by atoms with E-state index < -0.39 is 59.9 Å². The number of amides is 2. The lowest BCUT2D eigenvalue weighted by Gasteiger charge is -2.58. The van der Waals surface area contributed by atoms with Gasteiger partial charge in [-0.15, -0.1) is 0 Å². The van der Waals surface area contributed by atoms with Gasteiger partial charge in [0.15, 0.2) is 13.2 Å². The first-order valence-electron chi connectivity index (χ1n) is 11.2. The fourth-order valence-corrected chi connectivity index (χ4v) is 5.02. The summed E-state index contributed by atoms with van der Waals surface area (Å²) >= 11 is 11.3. The number of hydrogen-bond donors (Lipinski definition) is 4. The predicted octanol–water partition coefficient (Wildman–Crippen LogP) is 2.75. The standard InChI is InChI=1S/C24H24Cl2F2N2O6/c25-15-3-1-13(7-17(15)27)35-11-21(33)29-23-5-6-24(10-19(23)31,20(32)9-23)30-22(34)12-36-14-2-4-16(26)18(28)8-14/h1-4,7-8,19-20,31-32H,5-6,9-12H2,(H,29,33)(H,30,34)/t19-,20+,23-,24-/m1/s1. The molecule has 0 aromatic heterocycles. The molecule has 3 aliphatic carbocycles. The summed E-state index contributed by atoms with van der Waals surface area (Å²) in [5, 5.41) is 27.0. The molecule has 0 saturated heterocycles. The van der Waals surface area contributed by atoms with Crippen LogP contribution < -0.4 is 20.1 Å². The van der Waals surface area contributed by atoms with Crippen LogP contribution in [0.4, 0.5) is 8.78 Å². The van der Waals surface area contributed by atoms with Crippen molar-refractivity contribution in [3.8, 4) is 11.5 Å². The molecule has 5 rings (SSSR count). The number of benzene rings is 2. The second-order valence-electron chi connectivity index (χ2n) is 9.08. The SMILES string of the molecule is O=C(COc1ccc(Cl)c(F)c1)N[C@@]12CC[C@@](NC(=O)COc3ccc(Cl)c(F)c3)(C[C@H]1O)[C@@H](O)C2. The van der Waals surface area contributed by atoms with E-state index in [-0.39, 0.29) is 47.2 Å². The van der Waals surface area contributed by atoms with Crippen molar-refractivity contribution in [1.82, 2.24) is 10.6 Å². The van der Waals surface area contributed by atoms with E-state index in [4.69, 9.17) is 32.7 Å². The van der Waals surface area contributed by atoms with Gasteiger partial charge in [-0.05, 0) is 37.1 Å². The Morgan fingerprint density at radius 3 is 1.56 bits per heavy atom. The lowest BCUT2D eigenvalue weighted by Crippen LogP contribution is -2.75. The summed E-state index contributed by atoms with van der Waals surface area (Å²) in [5.41, 5.74) is -2.20. The molecule has 4 N–H and O–H groups in total. The Bertz CT molecular complexity index is 1080. The van der Waals surface area contributed by atoms with Crippen LogP contribution in [0.25, 0.3) is 0 Å². The van der Waals surface area contributed by atoms with Gasteiger partial charge >= 0.3 is 0 Å². The van der Waals surface area contributed by atoms with Crippen molar-refractivity contribution >= 4 is 35.0 Å². The van der Waals surface area contributed by atoms with Crippen LogP contribution in [0.5, 0.6) is 11.5 Å². The van der Waals surface area contributed by atoms with Crippen molar-refractivity contribution < 1.29 is 38.1 Å². The van der Waals surface area contributed by atoms with Gasteiger partial charge in [-0.3, -0.25) is 9.59 Å². The molecular formula is C24H24Cl2F2N2O6. The fourth-order valence-electron chi connectivity index (χ4n) is 4.79. The molecule has 0 heterocycles. The molecule has 0 spiro atoms. The van der Waals surface area contributed by atoms with E-state index in [1.807, 2.05) is 0 Å². The van der Waals surface area contributed by atoms with E-state index >= 15 is 0 Å². The van der Waals surface area contributed by atoms with E-state index in [1.165, 1.54) is 24.3 Å². The monoisotopic (exact) mass is 544 g/mol. The molecule has 2 bridgehead atoms. The van der Waals surface area contributed by atoms with Gasteiger partial charge in [0.2, 0.25) is 0 Å².